The number of hydrogen-bond donors (Lipinski definition) is 3. The Bertz CT molecular complexity index is 1080. The molecule has 0 aliphatic heterocycles. The first kappa shape index (κ1) is 23.7. The second kappa shape index (κ2) is 10.4. The highest BCUT2D eigenvalue weighted by Gasteiger charge is 2.16. The van der Waals surface area contributed by atoms with Crippen molar-refractivity contribution >= 4 is 44.9 Å². The van der Waals surface area contributed by atoms with Crippen LogP contribution in [0.1, 0.15) is 24.2 Å². The third-order valence-electron chi connectivity index (χ3n) is 3.63. The molecule has 0 atom stereocenters. The monoisotopic (exact) mass is 449 g/mol. The number of sulfonamides is 1. The Morgan fingerprint density at radius 1 is 1.00 bits per heavy atom. The predicted octanol–water partition coefficient (Wildman–Crippen LogP) is 2.21. The Morgan fingerprint density at radius 2 is 1.71 bits per heavy atom. The van der Waals surface area contributed by atoms with Crippen molar-refractivity contribution in [1.29, 1.82) is 0 Å². The van der Waals surface area contributed by atoms with E-state index in [0.29, 0.717) is 17.1 Å². The topological polar surface area (TPSA) is 140 Å². The van der Waals surface area contributed by atoms with E-state index < -0.39 is 21.9 Å². The molecule has 0 spiro atoms. The van der Waals surface area contributed by atoms with E-state index in [4.69, 9.17) is 9.47 Å². The van der Waals surface area contributed by atoms with Crippen molar-refractivity contribution in [2.75, 3.05) is 34.8 Å². The van der Waals surface area contributed by atoms with Gasteiger partial charge in [-0.05, 0) is 37.3 Å². The Balaban J connectivity index is 2.24. The number of amides is 2. The minimum absolute atomic E-state index is 0.00507. The molecule has 3 N–H and O–H groups in total. The normalized spacial score (nSPS) is 10.7. The molecule has 0 aromatic heterocycles. The summed E-state index contributed by atoms with van der Waals surface area (Å²) in [6.45, 7) is 2.94. The van der Waals surface area contributed by atoms with Gasteiger partial charge in [-0.15, -0.1) is 0 Å². The molecule has 10 nitrogen and oxygen atoms in total. The van der Waals surface area contributed by atoms with Crippen molar-refractivity contribution < 1.29 is 32.3 Å². The molecular formula is C20H23N3O7S. The van der Waals surface area contributed by atoms with Crippen molar-refractivity contribution in [3.05, 3.63) is 48.0 Å². The van der Waals surface area contributed by atoms with Gasteiger partial charge >= 0.3 is 5.97 Å². The van der Waals surface area contributed by atoms with Crippen LogP contribution in [0, 0.1) is 0 Å². The Kier molecular flexibility index (Phi) is 7.97. The van der Waals surface area contributed by atoms with Gasteiger partial charge in [0.25, 0.3) is 5.91 Å². The van der Waals surface area contributed by atoms with Crippen LogP contribution in [-0.4, -0.2) is 45.7 Å². The number of ether oxygens (including phenoxy) is 2. The maximum atomic E-state index is 12.8. The number of rotatable bonds is 9. The standard InChI is InChI=1S/C20H23N3O7S/c1-4-29-19(25)12-30-16-7-5-6-14(10-16)22-20(26)17-11-15(21-13(2)24)8-9-18(17)23-31(3,27)28/h5-11,23H,4,12H2,1-3H3,(H,21,24)(H,22,26). The molecule has 2 aromatic rings. The quantitative estimate of drug-likeness (QED) is 0.499. The third-order valence-corrected chi connectivity index (χ3v) is 4.22. The van der Waals surface area contributed by atoms with Crippen LogP contribution >= 0.6 is 0 Å². The summed E-state index contributed by atoms with van der Waals surface area (Å²) in [5, 5.41) is 5.18. The number of benzene rings is 2. The predicted molar refractivity (Wildman–Crippen MR) is 116 cm³/mol. The van der Waals surface area contributed by atoms with Crippen LogP contribution < -0.4 is 20.1 Å². The zero-order valence-electron chi connectivity index (χ0n) is 17.2. The first-order chi connectivity index (χ1) is 14.6. The Labute approximate surface area is 180 Å². The lowest BCUT2D eigenvalue weighted by Crippen LogP contribution is -2.18. The minimum Gasteiger partial charge on any atom is -0.482 e. The largest absolute Gasteiger partial charge is 0.482 e. The van der Waals surface area contributed by atoms with Crippen LogP contribution in [0.3, 0.4) is 0 Å². The molecule has 0 saturated heterocycles. The molecule has 0 aliphatic carbocycles. The van der Waals surface area contributed by atoms with E-state index >= 15 is 0 Å². The number of hydrogen-bond acceptors (Lipinski definition) is 7. The molecule has 2 aromatic carbocycles. The summed E-state index contributed by atoms with van der Waals surface area (Å²) in [6, 6.07) is 10.5. The molecule has 166 valence electrons. The van der Waals surface area contributed by atoms with Gasteiger partial charge in [0.2, 0.25) is 15.9 Å². The van der Waals surface area contributed by atoms with Gasteiger partial charge in [-0.3, -0.25) is 14.3 Å². The first-order valence-electron chi connectivity index (χ1n) is 9.16. The average molecular weight is 449 g/mol. The average Bonchev–Trinajstić information content (AvgIpc) is 2.66. The van der Waals surface area contributed by atoms with E-state index in [1.54, 1.807) is 25.1 Å². The smallest absolute Gasteiger partial charge is 0.344 e. The van der Waals surface area contributed by atoms with E-state index in [0.717, 1.165) is 6.26 Å². The lowest BCUT2D eigenvalue weighted by Gasteiger charge is -2.14. The zero-order chi connectivity index (χ0) is 23.0. The zero-order valence-corrected chi connectivity index (χ0v) is 18.0. The van der Waals surface area contributed by atoms with Gasteiger partial charge < -0.3 is 20.1 Å². The van der Waals surface area contributed by atoms with Crippen molar-refractivity contribution in [3.63, 3.8) is 0 Å². The highest BCUT2D eigenvalue weighted by molar-refractivity contribution is 7.92. The molecule has 0 saturated carbocycles. The number of nitrogens with one attached hydrogen (secondary N) is 3. The van der Waals surface area contributed by atoms with Gasteiger partial charge in [-0.2, -0.15) is 0 Å². The molecular weight excluding hydrogens is 426 g/mol. The lowest BCUT2D eigenvalue weighted by atomic mass is 10.1. The van der Waals surface area contributed by atoms with Crippen molar-refractivity contribution in [1.82, 2.24) is 0 Å². The second-order valence-corrected chi connectivity index (χ2v) is 8.14. The highest BCUT2D eigenvalue weighted by atomic mass is 32.2. The maximum Gasteiger partial charge on any atom is 0.344 e. The molecule has 0 bridgehead atoms. The maximum absolute atomic E-state index is 12.8. The Morgan fingerprint density at radius 3 is 2.35 bits per heavy atom. The van der Waals surface area contributed by atoms with Crippen LogP contribution in [0.4, 0.5) is 17.1 Å². The minimum atomic E-state index is -3.65. The van der Waals surface area contributed by atoms with E-state index in [9.17, 15) is 22.8 Å². The summed E-state index contributed by atoms with van der Waals surface area (Å²) in [6.07, 6.45) is 0.959. The van der Waals surface area contributed by atoms with Crippen LogP contribution in [0.25, 0.3) is 0 Å². The van der Waals surface area contributed by atoms with Gasteiger partial charge in [0.1, 0.15) is 5.75 Å². The molecule has 0 radical (unpaired) electrons. The fourth-order valence-electron chi connectivity index (χ4n) is 2.51. The number of carbonyl (C=O) groups excluding carboxylic acids is 3. The summed E-state index contributed by atoms with van der Waals surface area (Å²) in [4.78, 5) is 35.6. The highest BCUT2D eigenvalue weighted by Crippen LogP contribution is 2.24. The van der Waals surface area contributed by atoms with Crippen LogP contribution in [0.5, 0.6) is 5.75 Å². The van der Waals surface area contributed by atoms with E-state index in [1.165, 1.54) is 31.2 Å². The number of anilines is 3. The number of carbonyl (C=O) groups is 3. The Hall–Kier alpha value is -3.60. The van der Waals surface area contributed by atoms with Gasteiger partial charge in [-0.1, -0.05) is 6.07 Å². The van der Waals surface area contributed by atoms with Crippen LogP contribution in [0.2, 0.25) is 0 Å². The van der Waals surface area contributed by atoms with Gasteiger partial charge in [-0.25, -0.2) is 13.2 Å². The fraction of sp³-hybridized carbons (Fsp3) is 0.250. The summed E-state index contributed by atoms with van der Waals surface area (Å²) < 4.78 is 35.7. The molecule has 2 amide bonds. The number of esters is 1. The summed E-state index contributed by atoms with van der Waals surface area (Å²) in [5.74, 6) is -1.17. The molecule has 0 aliphatic rings. The molecule has 0 unspecified atom stereocenters. The molecule has 11 heteroatoms. The van der Waals surface area contributed by atoms with Crippen molar-refractivity contribution in [2.45, 2.75) is 13.8 Å². The summed E-state index contributed by atoms with van der Waals surface area (Å²) in [7, 11) is -3.65. The molecule has 0 heterocycles. The van der Waals surface area contributed by atoms with E-state index in [2.05, 4.69) is 15.4 Å². The van der Waals surface area contributed by atoms with Gasteiger partial charge in [0.15, 0.2) is 6.61 Å². The van der Waals surface area contributed by atoms with Gasteiger partial charge in [0, 0.05) is 24.4 Å². The summed E-state index contributed by atoms with van der Waals surface area (Å²) in [5.41, 5.74) is 0.711. The molecule has 2 rings (SSSR count). The summed E-state index contributed by atoms with van der Waals surface area (Å²) >= 11 is 0. The van der Waals surface area contributed by atoms with E-state index in [1.807, 2.05) is 0 Å². The first-order valence-corrected chi connectivity index (χ1v) is 11.1. The van der Waals surface area contributed by atoms with E-state index in [-0.39, 0.29) is 30.4 Å². The second-order valence-electron chi connectivity index (χ2n) is 6.39. The van der Waals surface area contributed by atoms with Crippen LogP contribution in [0.15, 0.2) is 42.5 Å². The molecule has 0 fully saturated rings. The fourth-order valence-corrected chi connectivity index (χ4v) is 3.09. The van der Waals surface area contributed by atoms with Crippen molar-refractivity contribution in [3.8, 4) is 5.75 Å². The van der Waals surface area contributed by atoms with Gasteiger partial charge in [0.05, 0.1) is 24.1 Å². The third kappa shape index (κ3) is 7.97. The lowest BCUT2D eigenvalue weighted by molar-refractivity contribution is -0.145. The molecule has 31 heavy (non-hydrogen) atoms. The van der Waals surface area contributed by atoms with Crippen LogP contribution in [-0.2, 0) is 24.3 Å². The van der Waals surface area contributed by atoms with Crippen molar-refractivity contribution in [2.24, 2.45) is 0 Å². The SMILES string of the molecule is CCOC(=O)COc1cccc(NC(=O)c2cc(NC(C)=O)ccc2NS(C)(=O)=O)c1.